The van der Waals surface area contributed by atoms with Crippen LogP contribution >= 0.6 is 46.4 Å². The summed E-state index contributed by atoms with van der Waals surface area (Å²) in [6.45, 7) is 1.32. The third-order valence-electron chi connectivity index (χ3n) is 5.63. The Balaban J connectivity index is 1.86. The van der Waals surface area contributed by atoms with Crippen LogP contribution in [0.2, 0.25) is 20.1 Å². The van der Waals surface area contributed by atoms with Gasteiger partial charge < -0.3 is 0 Å². The molecule has 3 aromatic rings. The van der Waals surface area contributed by atoms with Crippen molar-refractivity contribution in [3.63, 3.8) is 0 Å². The highest BCUT2D eigenvalue weighted by Crippen LogP contribution is 2.45. The number of ketones is 1. The number of benzene rings is 3. The Labute approximate surface area is 229 Å². The number of amides is 3. The van der Waals surface area contributed by atoms with Gasteiger partial charge in [0.05, 0.1) is 36.1 Å². The van der Waals surface area contributed by atoms with Crippen molar-refractivity contribution in [3.05, 3.63) is 107 Å². The average molecular weight is 581 g/mol. The number of fused-ring (bicyclic) bond motifs is 1. The number of rotatable bonds is 6. The summed E-state index contributed by atoms with van der Waals surface area (Å²) in [6.07, 6.45) is 0. The van der Waals surface area contributed by atoms with Gasteiger partial charge >= 0.3 is 0 Å². The molecular formula is C24H13Cl4N3O6. The minimum Gasteiger partial charge on any atom is -0.292 e. The van der Waals surface area contributed by atoms with Crippen molar-refractivity contribution < 1.29 is 24.1 Å². The number of hydrazine groups is 1. The molecule has 0 saturated carbocycles. The summed E-state index contributed by atoms with van der Waals surface area (Å²) in [5, 5.41) is 10.9. The lowest BCUT2D eigenvalue weighted by atomic mass is 10.0. The van der Waals surface area contributed by atoms with Gasteiger partial charge in [-0.3, -0.25) is 29.3 Å². The summed E-state index contributed by atoms with van der Waals surface area (Å²) in [7, 11) is 0. The van der Waals surface area contributed by atoms with E-state index in [-0.39, 0.29) is 48.0 Å². The van der Waals surface area contributed by atoms with Crippen molar-refractivity contribution in [1.29, 1.82) is 0 Å². The topological polar surface area (TPSA) is 118 Å². The molecule has 0 N–H and O–H groups in total. The smallest absolute Gasteiger partial charge is 0.282 e. The predicted molar refractivity (Wildman–Crippen MR) is 136 cm³/mol. The summed E-state index contributed by atoms with van der Waals surface area (Å²) < 4.78 is 0. The van der Waals surface area contributed by atoms with Crippen LogP contribution < -0.4 is 0 Å². The van der Waals surface area contributed by atoms with E-state index in [0.29, 0.717) is 10.0 Å². The fourth-order valence-corrected chi connectivity index (χ4v) is 4.80. The van der Waals surface area contributed by atoms with E-state index in [1.165, 1.54) is 19.1 Å². The number of carbonyl (C=O) groups is 4. The van der Waals surface area contributed by atoms with Gasteiger partial charge in [0.15, 0.2) is 5.78 Å². The second-order valence-electron chi connectivity index (χ2n) is 7.79. The summed E-state index contributed by atoms with van der Waals surface area (Å²) in [6, 6.07) is 10.9. The number of halogens is 4. The van der Waals surface area contributed by atoms with Gasteiger partial charge in [0.2, 0.25) is 0 Å². The van der Waals surface area contributed by atoms with Crippen LogP contribution in [0.5, 0.6) is 0 Å². The van der Waals surface area contributed by atoms with Crippen LogP contribution in [0.3, 0.4) is 0 Å². The zero-order chi connectivity index (χ0) is 27.2. The number of nitrogens with zero attached hydrogens (tertiary/aromatic N) is 3. The van der Waals surface area contributed by atoms with Crippen LogP contribution in [0.4, 0.5) is 5.69 Å². The molecule has 9 nitrogen and oxygen atoms in total. The number of hydrogen-bond donors (Lipinski definition) is 0. The number of non-ortho nitro benzene ring substituents is 1. The van der Waals surface area contributed by atoms with Gasteiger partial charge in [0.1, 0.15) is 6.04 Å². The highest BCUT2D eigenvalue weighted by Gasteiger charge is 2.48. The molecular weight excluding hydrogens is 568 g/mol. The van der Waals surface area contributed by atoms with E-state index in [1.54, 1.807) is 18.2 Å². The molecule has 1 aliphatic rings. The van der Waals surface area contributed by atoms with Crippen LogP contribution in [-0.4, -0.2) is 44.5 Å². The fourth-order valence-electron chi connectivity index (χ4n) is 3.79. The van der Waals surface area contributed by atoms with Crippen LogP contribution in [0.15, 0.2) is 54.6 Å². The molecule has 0 fully saturated rings. The Hall–Kier alpha value is -3.50. The monoisotopic (exact) mass is 579 g/mol. The molecule has 37 heavy (non-hydrogen) atoms. The van der Waals surface area contributed by atoms with E-state index in [0.717, 1.165) is 24.3 Å². The number of nitro groups is 1. The molecule has 0 bridgehead atoms. The maximum atomic E-state index is 13.7. The largest absolute Gasteiger partial charge is 0.292 e. The molecule has 0 radical (unpaired) electrons. The van der Waals surface area contributed by atoms with E-state index in [4.69, 9.17) is 46.4 Å². The predicted octanol–water partition coefficient (Wildman–Crippen LogP) is 6.13. The molecule has 1 atom stereocenters. The quantitative estimate of drug-likeness (QED) is 0.0863. The normalized spacial score (nSPS) is 13.4. The van der Waals surface area contributed by atoms with Crippen LogP contribution in [0.1, 0.15) is 48.4 Å². The second kappa shape index (κ2) is 10.1. The molecule has 13 heteroatoms. The summed E-state index contributed by atoms with van der Waals surface area (Å²) in [5.74, 6) is -3.69. The first-order valence-electron chi connectivity index (χ1n) is 10.4. The number of hydrogen-bond acceptors (Lipinski definition) is 6. The van der Waals surface area contributed by atoms with Crippen LogP contribution in [-0.2, 0) is 0 Å². The van der Waals surface area contributed by atoms with Crippen molar-refractivity contribution in [2.75, 3.05) is 0 Å². The number of nitro benzene ring substituents is 1. The Morgan fingerprint density at radius 3 is 1.76 bits per heavy atom. The van der Waals surface area contributed by atoms with Crippen molar-refractivity contribution in [2.45, 2.75) is 13.0 Å². The highest BCUT2D eigenvalue weighted by molar-refractivity contribution is 6.55. The Morgan fingerprint density at radius 2 is 1.30 bits per heavy atom. The van der Waals surface area contributed by atoms with Gasteiger partial charge in [-0.2, -0.15) is 5.01 Å². The first kappa shape index (κ1) is 26.6. The molecule has 1 heterocycles. The van der Waals surface area contributed by atoms with Gasteiger partial charge in [-0.25, -0.2) is 5.01 Å². The zero-order valence-corrected chi connectivity index (χ0v) is 21.6. The second-order valence-corrected chi connectivity index (χ2v) is 9.30. The SMILES string of the molecule is C[C@H](C(=O)c1ccccc1)N(C(=O)c1ccc([N+](=O)[O-])cc1)N1C(=O)c2c(Cl)c(Cl)c(Cl)c(Cl)c2C1=O. The maximum Gasteiger partial charge on any atom is 0.282 e. The Bertz CT molecular complexity index is 1450. The Kier molecular flexibility index (Phi) is 7.25. The first-order chi connectivity index (χ1) is 17.5. The third kappa shape index (κ3) is 4.44. The lowest BCUT2D eigenvalue weighted by Crippen LogP contribution is -2.56. The summed E-state index contributed by atoms with van der Waals surface area (Å²) in [5.41, 5.74) is -0.989. The molecule has 4 rings (SSSR count). The van der Waals surface area contributed by atoms with E-state index in [9.17, 15) is 29.3 Å². The van der Waals surface area contributed by atoms with Gasteiger partial charge in [-0.05, 0) is 19.1 Å². The maximum absolute atomic E-state index is 13.7. The lowest BCUT2D eigenvalue weighted by molar-refractivity contribution is -0.384. The molecule has 3 amide bonds. The van der Waals surface area contributed by atoms with E-state index in [2.05, 4.69) is 0 Å². The summed E-state index contributed by atoms with van der Waals surface area (Å²) in [4.78, 5) is 64.4. The van der Waals surface area contributed by atoms with E-state index >= 15 is 0 Å². The van der Waals surface area contributed by atoms with Crippen LogP contribution in [0.25, 0.3) is 0 Å². The van der Waals surface area contributed by atoms with Crippen molar-refractivity contribution >= 4 is 75.6 Å². The molecule has 0 spiro atoms. The zero-order valence-electron chi connectivity index (χ0n) is 18.6. The number of imide groups is 1. The molecule has 188 valence electrons. The standard InChI is InChI=1S/C24H13Cl4N3O6/c1-11(21(32)12-5-3-2-4-6-12)29(22(33)13-7-9-14(10-8-13)31(36)37)30-23(34)15-16(24(30)35)18(26)20(28)19(27)17(15)25/h2-11H,1H3/t11-/m1/s1. The number of Topliss-reactive ketones (excluding diaryl/α,β-unsaturated/α-hetero) is 1. The fraction of sp³-hybridized carbons (Fsp3) is 0.0833. The average Bonchev–Trinajstić information content (AvgIpc) is 3.16. The van der Waals surface area contributed by atoms with E-state index < -0.39 is 34.5 Å². The Morgan fingerprint density at radius 1 is 0.811 bits per heavy atom. The summed E-state index contributed by atoms with van der Waals surface area (Å²) >= 11 is 24.6. The molecule has 0 saturated heterocycles. The highest BCUT2D eigenvalue weighted by atomic mass is 35.5. The van der Waals surface area contributed by atoms with Crippen molar-refractivity contribution in [3.8, 4) is 0 Å². The lowest BCUT2D eigenvalue weighted by Gasteiger charge is -2.34. The van der Waals surface area contributed by atoms with Crippen molar-refractivity contribution in [1.82, 2.24) is 10.0 Å². The van der Waals surface area contributed by atoms with Gasteiger partial charge in [-0.1, -0.05) is 76.7 Å². The van der Waals surface area contributed by atoms with Gasteiger partial charge in [-0.15, -0.1) is 0 Å². The minimum absolute atomic E-state index is 0.136. The van der Waals surface area contributed by atoms with Crippen LogP contribution in [0, 0.1) is 10.1 Å². The van der Waals surface area contributed by atoms with Gasteiger partial charge in [0.25, 0.3) is 23.4 Å². The molecule has 0 aromatic heterocycles. The minimum atomic E-state index is -1.39. The number of carbonyl (C=O) groups excluding carboxylic acids is 4. The molecule has 1 aliphatic heterocycles. The first-order valence-corrected chi connectivity index (χ1v) is 11.9. The van der Waals surface area contributed by atoms with E-state index in [1.807, 2.05) is 0 Å². The molecule has 0 aliphatic carbocycles. The third-order valence-corrected chi connectivity index (χ3v) is 7.43. The molecule has 0 unspecified atom stereocenters. The molecule has 3 aromatic carbocycles. The van der Waals surface area contributed by atoms with Gasteiger partial charge in [0, 0.05) is 23.3 Å². The van der Waals surface area contributed by atoms with Crippen molar-refractivity contribution in [2.24, 2.45) is 0 Å².